The number of hydrogen-bond acceptors (Lipinski definition) is 5. The number of hydrogen-bond donors (Lipinski definition) is 1. The molecule has 2 aliphatic heterocycles. The lowest BCUT2D eigenvalue weighted by molar-refractivity contribution is -0.128. The molecule has 3 amide bonds. The van der Waals surface area contributed by atoms with Gasteiger partial charge in [-0.25, -0.2) is 9.80 Å². The molecular weight excluding hydrogens is 394 g/mol. The first-order chi connectivity index (χ1) is 15.0. The molecule has 1 aromatic carbocycles. The highest BCUT2D eigenvalue weighted by atomic mass is 16.5. The highest BCUT2D eigenvalue weighted by molar-refractivity contribution is 6.08. The quantitative estimate of drug-likeness (QED) is 0.804. The molecule has 1 aromatic heterocycles. The van der Waals surface area contributed by atoms with Crippen LogP contribution in [-0.2, 0) is 4.79 Å². The molecule has 2 aliphatic rings. The third-order valence-corrected chi connectivity index (χ3v) is 5.74. The van der Waals surface area contributed by atoms with Gasteiger partial charge in [0.15, 0.2) is 0 Å². The number of likely N-dealkylation sites (tertiary alicyclic amines) is 1. The summed E-state index contributed by atoms with van der Waals surface area (Å²) in [5.74, 6) is 0.773. The first-order valence-corrected chi connectivity index (χ1v) is 10.5. The minimum absolute atomic E-state index is 0.114. The van der Waals surface area contributed by atoms with E-state index in [9.17, 15) is 9.59 Å². The Morgan fingerprint density at radius 1 is 1.23 bits per heavy atom. The molecule has 0 aliphatic carbocycles. The van der Waals surface area contributed by atoms with Crippen molar-refractivity contribution in [2.24, 2.45) is 5.10 Å². The lowest BCUT2D eigenvalue weighted by Crippen LogP contribution is -2.46. The van der Waals surface area contributed by atoms with Crippen LogP contribution < -0.4 is 10.1 Å². The second-order valence-corrected chi connectivity index (χ2v) is 7.93. The topological polar surface area (TPSA) is 87.1 Å². The molecule has 0 spiro atoms. The van der Waals surface area contributed by atoms with Gasteiger partial charge in [-0.15, -0.1) is 0 Å². The van der Waals surface area contributed by atoms with E-state index in [1.807, 2.05) is 55.1 Å². The fourth-order valence-corrected chi connectivity index (χ4v) is 3.94. The Morgan fingerprint density at radius 3 is 2.61 bits per heavy atom. The Kier molecular flexibility index (Phi) is 5.88. The fraction of sp³-hybridized carbons (Fsp3) is 0.391. The second-order valence-electron chi connectivity index (χ2n) is 7.93. The molecule has 0 bridgehead atoms. The number of amides is 3. The SMILES string of the molecule is COc1ccc([C@@H](C)NC(=O)N2C[C@H](N3CCCC3=O)C(c3ccc(C)cc3)=N2)nc1. The molecular formula is C23H27N5O3. The number of nitrogens with one attached hydrogen (secondary N) is 1. The standard InChI is InChI=1S/C23H27N5O3/c1-15-6-8-17(9-7-15)22-20(27-12-4-5-21(27)29)14-28(26-22)23(30)25-16(2)19-11-10-18(31-3)13-24-19/h6-11,13,16,20H,4-5,12,14H2,1-3H3,(H,25,30)/t16-,20+/m1/s1. The molecule has 0 radical (unpaired) electrons. The van der Waals surface area contributed by atoms with Crippen molar-refractivity contribution in [3.05, 3.63) is 59.4 Å². The van der Waals surface area contributed by atoms with Crippen LogP contribution in [0, 0.1) is 6.92 Å². The summed E-state index contributed by atoms with van der Waals surface area (Å²) in [5.41, 5.74) is 3.55. The van der Waals surface area contributed by atoms with E-state index < -0.39 is 0 Å². The summed E-state index contributed by atoms with van der Waals surface area (Å²) >= 11 is 0. The van der Waals surface area contributed by atoms with Crippen molar-refractivity contribution in [2.45, 2.75) is 38.8 Å². The minimum atomic E-state index is -0.316. The van der Waals surface area contributed by atoms with Crippen molar-refractivity contribution in [3.8, 4) is 5.75 Å². The molecule has 0 unspecified atom stereocenters. The van der Waals surface area contributed by atoms with Crippen LogP contribution in [0.5, 0.6) is 5.75 Å². The normalized spacial score (nSPS) is 19.4. The van der Waals surface area contributed by atoms with Gasteiger partial charge in [-0.05, 0) is 38.0 Å². The maximum absolute atomic E-state index is 13.0. The number of aromatic nitrogens is 1. The summed E-state index contributed by atoms with van der Waals surface area (Å²) in [5, 5.41) is 9.00. The number of urea groups is 1. The van der Waals surface area contributed by atoms with E-state index in [0.29, 0.717) is 25.3 Å². The van der Waals surface area contributed by atoms with E-state index in [4.69, 9.17) is 4.74 Å². The smallest absolute Gasteiger partial charge is 0.338 e. The van der Waals surface area contributed by atoms with Crippen LogP contribution in [0.3, 0.4) is 0 Å². The Bertz CT molecular complexity index is 987. The van der Waals surface area contributed by atoms with Crippen molar-refractivity contribution in [2.75, 3.05) is 20.2 Å². The number of nitrogens with zero attached hydrogens (tertiary/aromatic N) is 4. The van der Waals surface area contributed by atoms with Crippen molar-refractivity contribution in [3.63, 3.8) is 0 Å². The monoisotopic (exact) mass is 421 g/mol. The van der Waals surface area contributed by atoms with Gasteiger partial charge in [-0.2, -0.15) is 5.10 Å². The summed E-state index contributed by atoms with van der Waals surface area (Å²) in [7, 11) is 1.58. The molecule has 3 heterocycles. The lowest BCUT2D eigenvalue weighted by Gasteiger charge is -2.25. The number of ether oxygens (including phenoxy) is 1. The van der Waals surface area contributed by atoms with Crippen molar-refractivity contribution in [1.82, 2.24) is 20.2 Å². The summed E-state index contributed by atoms with van der Waals surface area (Å²) in [4.78, 5) is 31.6. The van der Waals surface area contributed by atoms with Gasteiger partial charge in [0, 0.05) is 13.0 Å². The number of aryl methyl sites for hydroxylation is 1. The Morgan fingerprint density at radius 2 is 2.00 bits per heavy atom. The molecule has 1 fully saturated rings. The molecule has 1 N–H and O–H groups in total. The maximum atomic E-state index is 13.0. The lowest BCUT2D eigenvalue weighted by atomic mass is 10.0. The molecule has 8 nitrogen and oxygen atoms in total. The molecule has 162 valence electrons. The summed E-state index contributed by atoms with van der Waals surface area (Å²) in [6, 6.07) is 10.8. The van der Waals surface area contributed by atoms with Gasteiger partial charge >= 0.3 is 6.03 Å². The third kappa shape index (κ3) is 4.38. The summed E-state index contributed by atoms with van der Waals surface area (Å²) < 4.78 is 5.13. The van der Waals surface area contributed by atoms with E-state index in [0.717, 1.165) is 29.0 Å². The molecule has 4 rings (SSSR count). The zero-order valence-electron chi connectivity index (χ0n) is 18.0. The van der Waals surface area contributed by atoms with Crippen molar-refractivity contribution in [1.29, 1.82) is 0 Å². The Balaban J connectivity index is 1.53. The average molecular weight is 422 g/mol. The number of benzene rings is 1. The Hall–Kier alpha value is -3.42. The predicted molar refractivity (Wildman–Crippen MR) is 117 cm³/mol. The molecule has 2 aromatic rings. The van der Waals surface area contributed by atoms with Crippen LogP contribution in [0.15, 0.2) is 47.7 Å². The molecule has 31 heavy (non-hydrogen) atoms. The van der Waals surface area contributed by atoms with Crippen LogP contribution in [-0.4, -0.2) is 58.8 Å². The zero-order valence-corrected chi connectivity index (χ0v) is 18.0. The van der Waals surface area contributed by atoms with Gasteiger partial charge in [-0.1, -0.05) is 29.8 Å². The second kappa shape index (κ2) is 8.75. The minimum Gasteiger partial charge on any atom is -0.495 e. The summed E-state index contributed by atoms with van der Waals surface area (Å²) in [6.07, 6.45) is 3.00. The number of rotatable bonds is 5. The number of carbonyl (C=O) groups excluding carboxylic acids is 2. The van der Waals surface area contributed by atoms with Gasteiger partial charge in [-0.3, -0.25) is 9.78 Å². The molecule has 8 heteroatoms. The van der Waals surface area contributed by atoms with Gasteiger partial charge in [0.2, 0.25) is 5.91 Å². The van der Waals surface area contributed by atoms with Gasteiger partial charge < -0.3 is 15.0 Å². The van der Waals surface area contributed by atoms with E-state index >= 15 is 0 Å². The maximum Gasteiger partial charge on any atom is 0.338 e. The average Bonchev–Trinajstić information content (AvgIpc) is 3.40. The van der Waals surface area contributed by atoms with Crippen LogP contribution in [0.2, 0.25) is 0 Å². The van der Waals surface area contributed by atoms with E-state index in [2.05, 4.69) is 15.4 Å². The third-order valence-electron chi connectivity index (χ3n) is 5.74. The van der Waals surface area contributed by atoms with E-state index in [1.54, 1.807) is 13.3 Å². The van der Waals surface area contributed by atoms with Crippen LogP contribution in [0.1, 0.15) is 42.6 Å². The number of methoxy groups -OCH3 is 1. The molecule has 1 saturated heterocycles. The van der Waals surface area contributed by atoms with E-state index in [1.165, 1.54) is 5.01 Å². The van der Waals surface area contributed by atoms with Gasteiger partial charge in [0.05, 0.1) is 43.3 Å². The van der Waals surface area contributed by atoms with Crippen LogP contribution in [0.4, 0.5) is 4.79 Å². The summed E-state index contributed by atoms with van der Waals surface area (Å²) in [6.45, 7) is 4.92. The number of pyridine rings is 1. The fourth-order valence-electron chi connectivity index (χ4n) is 3.94. The highest BCUT2D eigenvalue weighted by Crippen LogP contribution is 2.24. The number of carbonyl (C=O) groups is 2. The van der Waals surface area contributed by atoms with Crippen LogP contribution >= 0.6 is 0 Å². The Labute approximate surface area is 181 Å². The van der Waals surface area contributed by atoms with Gasteiger partial charge in [0.25, 0.3) is 0 Å². The number of hydrazone groups is 1. The zero-order chi connectivity index (χ0) is 22.0. The molecule has 2 atom stereocenters. The molecule has 0 saturated carbocycles. The first kappa shape index (κ1) is 20.8. The van der Waals surface area contributed by atoms with Crippen molar-refractivity contribution >= 4 is 17.6 Å². The van der Waals surface area contributed by atoms with Crippen molar-refractivity contribution < 1.29 is 14.3 Å². The largest absolute Gasteiger partial charge is 0.495 e. The van der Waals surface area contributed by atoms with E-state index in [-0.39, 0.29) is 24.0 Å². The highest BCUT2D eigenvalue weighted by Gasteiger charge is 2.39. The van der Waals surface area contributed by atoms with Crippen LogP contribution in [0.25, 0.3) is 0 Å². The van der Waals surface area contributed by atoms with Gasteiger partial charge in [0.1, 0.15) is 5.75 Å². The first-order valence-electron chi connectivity index (χ1n) is 10.5. The predicted octanol–water partition coefficient (Wildman–Crippen LogP) is 2.88.